The van der Waals surface area contributed by atoms with Crippen LogP contribution >= 0.6 is 7.82 Å². The number of ether oxygens (including phenoxy) is 2. The molecule has 0 aliphatic heterocycles. The molecule has 350 valence electrons. The van der Waals surface area contributed by atoms with Crippen LogP contribution in [0, 0.1) is 0 Å². The number of allylic oxidation sites excluding steroid dienone is 20. The minimum Gasteiger partial charge on any atom is -0.756 e. The Balaban J connectivity index is 4.55. The highest BCUT2D eigenvalue weighted by molar-refractivity contribution is 7.45. The Morgan fingerprint density at radius 3 is 1.40 bits per heavy atom. The van der Waals surface area contributed by atoms with Gasteiger partial charge < -0.3 is 27.9 Å². The predicted octanol–water partition coefficient (Wildman–Crippen LogP) is 13.1. The minimum atomic E-state index is -4.67. The van der Waals surface area contributed by atoms with Gasteiger partial charge in [-0.05, 0) is 96.3 Å². The van der Waals surface area contributed by atoms with Gasteiger partial charge in [-0.25, -0.2) is 0 Å². The summed E-state index contributed by atoms with van der Waals surface area (Å²) >= 11 is 0. The topological polar surface area (TPSA) is 111 Å². The summed E-state index contributed by atoms with van der Waals surface area (Å²) in [5, 5.41) is 0. The summed E-state index contributed by atoms with van der Waals surface area (Å²) < 4.78 is 33.8. The van der Waals surface area contributed by atoms with Crippen molar-refractivity contribution in [1.82, 2.24) is 0 Å². The first-order valence-electron chi connectivity index (χ1n) is 23.2. The molecule has 9 nitrogen and oxygen atoms in total. The SMILES string of the molecule is CC/C=C\C/C=C\C/C=C\C/C=C\C/C=C\C/C=C\CCC(=O)O[C@H](COC(=O)CCCCC/C=C\C/C=C\C/C=C\C/C=C\CCCCC)COP(=O)([O-])OCC[N+](C)(C)C. The lowest BCUT2D eigenvalue weighted by Gasteiger charge is -2.28. The largest absolute Gasteiger partial charge is 0.756 e. The second-order valence-corrected chi connectivity index (χ2v) is 17.4. The van der Waals surface area contributed by atoms with E-state index in [4.69, 9.17) is 18.5 Å². The number of phosphoric ester groups is 1. The number of esters is 2. The first-order valence-corrected chi connectivity index (χ1v) is 24.7. The highest BCUT2D eigenvalue weighted by Gasteiger charge is 2.21. The molecular weight excluding hydrogens is 798 g/mol. The first-order chi connectivity index (χ1) is 30.0. The molecule has 10 heteroatoms. The summed E-state index contributed by atoms with van der Waals surface area (Å²) in [6.45, 7) is 3.93. The van der Waals surface area contributed by atoms with E-state index < -0.39 is 32.5 Å². The van der Waals surface area contributed by atoms with Crippen LogP contribution in [0.5, 0.6) is 0 Å². The van der Waals surface area contributed by atoms with Crippen LogP contribution < -0.4 is 4.89 Å². The van der Waals surface area contributed by atoms with E-state index in [-0.39, 0.29) is 26.1 Å². The summed E-state index contributed by atoms with van der Waals surface area (Å²) in [5.41, 5.74) is 0. The fourth-order valence-corrected chi connectivity index (χ4v) is 6.10. The van der Waals surface area contributed by atoms with Crippen LogP contribution in [0.4, 0.5) is 0 Å². The van der Waals surface area contributed by atoms with Crippen molar-refractivity contribution >= 4 is 19.8 Å². The smallest absolute Gasteiger partial charge is 0.306 e. The van der Waals surface area contributed by atoms with Crippen molar-refractivity contribution < 1.29 is 42.1 Å². The molecule has 62 heavy (non-hydrogen) atoms. The van der Waals surface area contributed by atoms with Gasteiger partial charge in [-0.1, -0.05) is 155 Å². The molecule has 0 aliphatic carbocycles. The Morgan fingerprint density at radius 2 is 0.952 bits per heavy atom. The van der Waals surface area contributed by atoms with Gasteiger partial charge in [-0.3, -0.25) is 14.2 Å². The van der Waals surface area contributed by atoms with Crippen molar-refractivity contribution in [3.8, 4) is 0 Å². The molecule has 0 aromatic carbocycles. The number of unbranched alkanes of at least 4 members (excludes halogenated alkanes) is 6. The molecule has 0 saturated carbocycles. The monoisotopic (exact) mass is 882 g/mol. The van der Waals surface area contributed by atoms with Crippen LogP contribution in [-0.4, -0.2) is 70.0 Å². The van der Waals surface area contributed by atoms with Gasteiger partial charge in [0.2, 0.25) is 0 Å². The zero-order valence-electron chi connectivity index (χ0n) is 39.3. The highest BCUT2D eigenvalue weighted by Crippen LogP contribution is 2.38. The Bertz CT molecular complexity index is 1460. The number of phosphoric acid groups is 1. The quantitative estimate of drug-likeness (QED) is 0.0197. The van der Waals surface area contributed by atoms with E-state index >= 15 is 0 Å². The standard InChI is InChI=1S/C52H84NO8P/c1-6-8-10-12-14-16-18-20-22-24-26-28-30-32-34-36-38-40-42-44-51(54)58-48-50(49-60-62(56,57)59-47-46-53(3,4)5)61-52(55)45-43-41-39-37-35-33-31-29-27-25-23-21-19-17-15-13-11-9-7-2/h9,11,14-17,20-23,26-29,32-35,39,41,50H,6-8,10,12-13,18-19,24-25,30-31,36-38,40,42-49H2,1-5H3/b11-9-,16-14-,17-15-,22-20-,23-21-,28-26-,29-27-,34-32-,35-33-,41-39-/t50-/m1/s1. The van der Waals surface area contributed by atoms with Gasteiger partial charge in [0.15, 0.2) is 6.10 Å². The maximum atomic E-state index is 12.7. The van der Waals surface area contributed by atoms with Gasteiger partial charge >= 0.3 is 11.9 Å². The number of carbonyl (C=O) groups excluding carboxylic acids is 2. The summed E-state index contributed by atoms with van der Waals surface area (Å²) in [7, 11) is 1.08. The lowest BCUT2D eigenvalue weighted by molar-refractivity contribution is -0.870. The molecule has 0 aromatic rings. The Morgan fingerprint density at radius 1 is 0.516 bits per heavy atom. The summed E-state index contributed by atoms with van der Waals surface area (Å²) in [6, 6.07) is 0. The van der Waals surface area contributed by atoms with E-state index in [1.54, 1.807) is 0 Å². The molecule has 0 aliphatic rings. The zero-order chi connectivity index (χ0) is 45.7. The van der Waals surface area contributed by atoms with Crippen molar-refractivity contribution in [1.29, 1.82) is 0 Å². The van der Waals surface area contributed by atoms with Crippen LogP contribution in [0.3, 0.4) is 0 Å². The third-order valence-electron chi connectivity index (χ3n) is 8.98. The average molecular weight is 882 g/mol. The number of likely N-dealkylation sites (N-methyl/N-ethyl adjacent to an activating group) is 1. The molecule has 0 bridgehead atoms. The van der Waals surface area contributed by atoms with E-state index in [1.807, 2.05) is 33.3 Å². The molecule has 2 atom stereocenters. The molecule has 1 unspecified atom stereocenters. The van der Waals surface area contributed by atoms with Gasteiger partial charge in [0, 0.05) is 12.8 Å². The normalized spacial score (nSPS) is 14.6. The zero-order valence-corrected chi connectivity index (χ0v) is 40.1. The van der Waals surface area contributed by atoms with Crippen molar-refractivity contribution in [2.24, 2.45) is 0 Å². The Labute approximate surface area is 378 Å². The molecule has 0 radical (unpaired) electrons. The second kappa shape index (κ2) is 42.7. The third kappa shape index (κ3) is 45.9. The minimum absolute atomic E-state index is 0.0575. The third-order valence-corrected chi connectivity index (χ3v) is 9.94. The number of quaternary nitrogens is 1. The number of nitrogens with zero attached hydrogens (tertiary/aromatic N) is 1. The first kappa shape index (κ1) is 58.4. The molecule has 0 spiro atoms. The summed E-state index contributed by atoms with van der Waals surface area (Å²) in [5.74, 6) is -0.982. The van der Waals surface area contributed by atoms with Gasteiger partial charge in [0.25, 0.3) is 7.82 Å². The number of hydrogen-bond donors (Lipinski definition) is 0. The van der Waals surface area contributed by atoms with Crippen molar-refractivity contribution in [2.45, 2.75) is 148 Å². The van der Waals surface area contributed by atoms with E-state index in [9.17, 15) is 19.0 Å². The van der Waals surface area contributed by atoms with E-state index in [1.165, 1.54) is 25.7 Å². The average Bonchev–Trinajstić information content (AvgIpc) is 3.23. The van der Waals surface area contributed by atoms with Gasteiger partial charge in [0.1, 0.15) is 19.8 Å². The summed E-state index contributed by atoms with van der Waals surface area (Å²) in [4.78, 5) is 37.6. The van der Waals surface area contributed by atoms with E-state index in [2.05, 4.69) is 123 Å². The maximum absolute atomic E-state index is 12.7. The second-order valence-electron chi connectivity index (χ2n) is 16.0. The van der Waals surface area contributed by atoms with Crippen LogP contribution in [0.2, 0.25) is 0 Å². The summed E-state index contributed by atoms with van der Waals surface area (Å²) in [6.07, 6.45) is 59.6. The van der Waals surface area contributed by atoms with E-state index in [0.717, 1.165) is 77.0 Å². The number of carbonyl (C=O) groups is 2. The molecule has 0 rings (SSSR count). The van der Waals surface area contributed by atoms with Crippen molar-refractivity contribution in [2.75, 3.05) is 47.5 Å². The van der Waals surface area contributed by atoms with Crippen LogP contribution in [0.1, 0.15) is 142 Å². The fraction of sp³-hybridized carbons (Fsp3) is 0.577. The molecule has 0 fully saturated rings. The van der Waals surface area contributed by atoms with Gasteiger partial charge in [-0.15, -0.1) is 0 Å². The van der Waals surface area contributed by atoms with Gasteiger partial charge in [0.05, 0.1) is 27.7 Å². The van der Waals surface area contributed by atoms with E-state index in [0.29, 0.717) is 23.9 Å². The molecule has 0 heterocycles. The van der Waals surface area contributed by atoms with Crippen molar-refractivity contribution in [3.05, 3.63) is 122 Å². The molecule has 0 aromatic heterocycles. The molecule has 0 saturated heterocycles. The number of rotatable bonds is 40. The van der Waals surface area contributed by atoms with Crippen LogP contribution in [0.25, 0.3) is 0 Å². The number of hydrogen-bond acceptors (Lipinski definition) is 8. The van der Waals surface area contributed by atoms with Crippen LogP contribution in [0.15, 0.2) is 122 Å². The van der Waals surface area contributed by atoms with Crippen molar-refractivity contribution in [3.63, 3.8) is 0 Å². The molecule has 0 amide bonds. The lowest BCUT2D eigenvalue weighted by Crippen LogP contribution is -2.37. The Hall–Kier alpha value is -3.59. The lowest BCUT2D eigenvalue weighted by atomic mass is 10.1. The van der Waals surface area contributed by atoms with Gasteiger partial charge in [-0.2, -0.15) is 0 Å². The molecule has 0 N–H and O–H groups in total. The van der Waals surface area contributed by atoms with Crippen LogP contribution in [-0.2, 0) is 32.7 Å². The fourth-order valence-electron chi connectivity index (χ4n) is 5.37. The molecular formula is C52H84NO8P. The maximum Gasteiger partial charge on any atom is 0.306 e. The predicted molar refractivity (Wildman–Crippen MR) is 258 cm³/mol. The highest BCUT2D eigenvalue weighted by atomic mass is 31.2. The Kier molecular flexibility index (Phi) is 40.2.